The SMILES string of the molecule is Cc1ccccc1CNC(=O)[C@H]1N(C(=O)[C@@H](O)[C@H](Cc2ccccc2)NC(=O)[C@@H](CS(=O)(=O)c2ccc(F)cc2)NS(C)(=O)=O)CSC1(C)C. The van der Waals surface area contributed by atoms with Crippen LogP contribution in [-0.4, -0.2) is 91.4 Å². The Morgan fingerprint density at radius 2 is 1.60 bits per heavy atom. The summed E-state index contributed by atoms with van der Waals surface area (Å²) >= 11 is 1.34. The van der Waals surface area contributed by atoms with E-state index >= 15 is 0 Å². The van der Waals surface area contributed by atoms with Gasteiger partial charge in [-0.15, -0.1) is 11.8 Å². The van der Waals surface area contributed by atoms with Crippen LogP contribution in [0.2, 0.25) is 0 Å². The molecule has 4 N–H and O–H groups in total. The number of nitrogens with one attached hydrogen (secondary N) is 3. The average Bonchev–Trinajstić information content (AvgIpc) is 3.37. The smallest absolute Gasteiger partial charge is 0.254 e. The number of amides is 3. The van der Waals surface area contributed by atoms with Gasteiger partial charge < -0.3 is 20.6 Å². The number of nitrogens with zero attached hydrogens (tertiary/aromatic N) is 1. The van der Waals surface area contributed by atoms with Crippen molar-refractivity contribution in [3.8, 4) is 0 Å². The highest BCUT2D eigenvalue weighted by Gasteiger charge is 2.50. The van der Waals surface area contributed by atoms with Crippen molar-refractivity contribution < 1.29 is 40.7 Å². The molecule has 1 fully saturated rings. The van der Waals surface area contributed by atoms with Crippen LogP contribution in [0.15, 0.2) is 83.8 Å². The lowest BCUT2D eigenvalue weighted by Crippen LogP contribution is -2.60. The van der Waals surface area contributed by atoms with E-state index in [1.165, 1.54) is 16.7 Å². The van der Waals surface area contributed by atoms with Crippen molar-refractivity contribution >= 4 is 49.3 Å². The molecule has 0 bridgehead atoms. The molecule has 0 aliphatic carbocycles. The number of hydrogen-bond acceptors (Lipinski definition) is 9. The van der Waals surface area contributed by atoms with E-state index in [0.29, 0.717) is 5.56 Å². The predicted molar refractivity (Wildman–Crippen MR) is 189 cm³/mol. The standard InChI is InChI=1S/C34H41FN4O8S3/c1-22-10-8-9-13-24(22)19-36-32(42)30-34(2,3)48-21-39(30)33(43)29(40)27(18-23-11-6-5-7-12-23)37-31(41)28(38-49(4,44)45)20-50(46,47)26-16-14-25(35)15-17-26/h5-17,27-30,38,40H,18-21H2,1-4H3,(H,36,42)(H,37,41)/t27-,28+,29-,30+/m0/s1. The van der Waals surface area contributed by atoms with Gasteiger partial charge in [-0.1, -0.05) is 54.6 Å². The minimum absolute atomic E-state index is 0.0610. The number of aliphatic hydroxyl groups excluding tert-OH is 1. The van der Waals surface area contributed by atoms with E-state index in [9.17, 15) is 40.7 Å². The number of aryl methyl sites for hydroxylation is 1. The molecular formula is C34H41FN4O8S3. The van der Waals surface area contributed by atoms with E-state index in [4.69, 9.17) is 0 Å². The number of hydrogen-bond donors (Lipinski definition) is 4. The minimum atomic E-state index is -4.34. The first-order chi connectivity index (χ1) is 23.4. The van der Waals surface area contributed by atoms with Crippen molar-refractivity contribution in [1.29, 1.82) is 0 Å². The summed E-state index contributed by atoms with van der Waals surface area (Å²) in [6, 6.07) is 15.6. The molecule has 3 aromatic carbocycles. The van der Waals surface area contributed by atoms with Crippen LogP contribution in [0.5, 0.6) is 0 Å². The summed E-state index contributed by atoms with van der Waals surface area (Å²) < 4.78 is 65.6. The maximum atomic E-state index is 14.0. The van der Waals surface area contributed by atoms with E-state index in [-0.39, 0.29) is 23.7 Å². The fraction of sp³-hybridized carbons (Fsp3) is 0.382. The molecule has 270 valence electrons. The molecule has 12 nitrogen and oxygen atoms in total. The van der Waals surface area contributed by atoms with Crippen LogP contribution in [0.25, 0.3) is 0 Å². The van der Waals surface area contributed by atoms with Gasteiger partial charge in [0.1, 0.15) is 17.9 Å². The van der Waals surface area contributed by atoms with Crippen molar-refractivity contribution in [3.63, 3.8) is 0 Å². The van der Waals surface area contributed by atoms with Gasteiger partial charge in [0.15, 0.2) is 15.9 Å². The lowest BCUT2D eigenvalue weighted by Gasteiger charge is -2.33. The number of sulfonamides is 1. The minimum Gasteiger partial charge on any atom is -0.381 e. The first kappa shape index (κ1) is 39.0. The molecule has 0 spiro atoms. The largest absolute Gasteiger partial charge is 0.381 e. The second-order valence-corrected chi connectivity index (χ2v) is 18.1. The molecule has 50 heavy (non-hydrogen) atoms. The number of sulfone groups is 1. The molecule has 1 saturated heterocycles. The fourth-order valence-corrected chi connectivity index (χ4v) is 8.98. The number of carbonyl (C=O) groups excluding carboxylic acids is 3. The van der Waals surface area contributed by atoms with E-state index in [2.05, 4.69) is 10.6 Å². The Hall–Kier alpha value is -3.83. The van der Waals surface area contributed by atoms with Crippen LogP contribution in [-0.2, 0) is 47.2 Å². The van der Waals surface area contributed by atoms with Crippen molar-refractivity contribution in [1.82, 2.24) is 20.3 Å². The fourth-order valence-electron chi connectivity index (χ4n) is 5.61. The zero-order valence-corrected chi connectivity index (χ0v) is 30.4. The third kappa shape index (κ3) is 10.1. The Morgan fingerprint density at radius 1 is 0.980 bits per heavy atom. The highest BCUT2D eigenvalue weighted by Crippen LogP contribution is 2.40. The summed E-state index contributed by atoms with van der Waals surface area (Å²) in [5.41, 5.74) is 2.47. The van der Waals surface area contributed by atoms with E-state index < -0.39 is 78.1 Å². The second-order valence-electron chi connectivity index (χ2n) is 12.7. The van der Waals surface area contributed by atoms with Crippen LogP contribution in [0.1, 0.15) is 30.5 Å². The third-order valence-electron chi connectivity index (χ3n) is 8.28. The van der Waals surface area contributed by atoms with Gasteiger partial charge in [0.25, 0.3) is 5.91 Å². The average molecular weight is 749 g/mol. The summed E-state index contributed by atoms with van der Waals surface area (Å²) in [6.45, 7) is 5.75. The molecule has 0 unspecified atom stereocenters. The molecule has 4 rings (SSSR count). The highest BCUT2D eigenvalue weighted by atomic mass is 32.2. The zero-order valence-electron chi connectivity index (χ0n) is 28.0. The number of benzene rings is 3. The molecule has 3 aromatic rings. The number of halogens is 1. The van der Waals surface area contributed by atoms with Crippen molar-refractivity contribution in [2.75, 3.05) is 17.9 Å². The van der Waals surface area contributed by atoms with E-state index in [0.717, 1.165) is 41.6 Å². The molecule has 0 aromatic heterocycles. The van der Waals surface area contributed by atoms with Gasteiger partial charge in [-0.25, -0.2) is 25.9 Å². The number of aliphatic hydroxyl groups is 1. The Morgan fingerprint density at radius 3 is 2.22 bits per heavy atom. The summed E-state index contributed by atoms with van der Waals surface area (Å²) in [6.07, 6.45) is -1.29. The van der Waals surface area contributed by atoms with Gasteiger partial charge in [0.05, 0.1) is 28.8 Å². The van der Waals surface area contributed by atoms with Crippen LogP contribution < -0.4 is 15.4 Å². The Bertz CT molecular complexity index is 1910. The number of rotatable bonds is 14. The number of thioether (sulfide) groups is 1. The van der Waals surface area contributed by atoms with Crippen LogP contribution >= 0.6 is 11.8 Å². The first-order valence-electron chi connectivity index (χ1n) is 15.6. The molecule has 16 heteroatoms. The number of carbonyl (C=O) groups is 3. The summed E-state index contributed by atoms with van der Waals surface area (Å²) in [7, 11) is -8.49. The van der Waals surface area contributed by atoms with Gasteiger partial charge in [-0.05, 0) is 68.1 Å². The van der Waals surface area contributed by atoms with Gasteiger partial charge in [0.2, 0.25) is 21.8 Å². The third-order valence-corrected chi connectivity index (χ3v) is 12.1. The summed E-state index contributed by atoms with van der Waals surface area (Å²) in [5, 5.41) is 17.0. The second kappa shape index (κ2) is 16.0. The van der Waals surface area contributed by atoms with Crippen LogP contribution in [0, 0.1) is 12.7 Å². The molecular weight excluding hydrogens is 708 g/mol. The Balaban J connectivity index is 1.60. The summed E-state index contributed by atoms with van der Waals surface area (Å²) in [5.74, 6) is -4.09. The van der Waals surface area contributed by atoms with Crippen molar-refractivity contribution in [3.05, 3.63) is 101 Å². The maximum absolute atomic E-state index is 14.0. The van der Waals surface area contributed by atoms with Gasteiger partial charge in [-0.3, -0.25) is 14.4 Å². The van der Waals surface area contributed by atoms with Gasteiger partial charge in [-0.2, -0.15) is 0 Å². The Kier molecular flexibility index (Phi) is 12.5. The maximum Gasteiger partial charge on any atom is 0.254 e. The van der Waals surface area contributed by atoms with E-state index in [1.54, 1.807) is 30.3 Å². The molecule has 0 radical (unpaired) electrons. The van der Waals surface area contributed by atoms with Crippen molar-refractivity contribution in [2.45, 2.75) is 67.6 Å². The lowest BCUT2D eigenvalue weighted by atomic mass is 9.97. The molecule has 1 aliphatic rings. The van der Waals surface area contributed by atoms with Crippen LogP contribution in [0.3, 0.4) is 0 Å². The zero-order chi connectivity index (χ0) is 36.9. The summed E-state index contributed by atoms with van der Waals surface area (Å²) in [4.78, 5) is 42.2. The molecule has 1 heterocycles. The van der Waals surface area contributed by atoms with Gasteiger partial charge >= 0.3 is 0 Å². The first-order valence-corrected chi connectivity index (χ1v) is 20.2. The molecule has 3 amide bonds. The highest BCUT2D eigenvalue weighted by molar-refractivity contribution is 8.00. The Labute approximate surface area is 296 Å². The molecule has 1 aliphatic heterocycles. The molecule has 0 saturated carbocycles. The lowest BCUT2D eigenvalue weighted by molar-refractivity contribution is -0.147. The van der Waals surface area contributed by atoms with Crippen LogP contribution in [0.4, 0.5) is 4.39 Å². The van der Waals surface area contributed by atoms with Crippen molar-refractivity contribution in [2.24, 2.45) is 0 Å². The normalized spacial score (nSPS) is 17.8. The topological polar surface area (TPSA) is 179 Å². The quantitative estimate of drug-likeness (QED) is 0.179. The monoisotopic (exact) mass is 748 g/mol. The molecule has 4 atom stereocenters. The van der Waals surface area contributed by atoms with E-state index in [1.807, 2.05) is 49.8 Å². The predicted octanol–water partition coefficient (Wildman–Crippen LogP) is 1.91. The van der Waals surface area contributed by atoms with Gasteiger partial charge in [0, 0.05) is 11.3 Å².